The van der Waals surface area contributed by atoms with E-state index in [1.54, 1.807) is 6.92 Å². The van der Waals surface area contributed by atoms with Crippen LogP contribution in [-0.2, 0) is 34.1 Å². The van der Waals surface area contributed by atoms with Crippen LogP contribution in [0.25, 0.3) is 11.1 Å². The third-order valence-electron chi connectivity index (χ3n) is 6.72. The molecular formula is C31H34N2O6S. The zero-order valence-corrected chi connectivity index (χ0v) is 23.9. The fraction of sp³-hybridized carbons (Fsp3) is 0.387. The van der Waals surface area contributed by atoms with E-state index in [4.69, 9.17) is 9.47 Å². The van der Waals surface area contributed by atoms with Crippen molar-refractivity contribution in [3.63, 3.8) is 0 Å². The van der Waals surface area contributed by atoms with E-state index < -0.39 is 15.8 Å². The summed E-state index contributed by atoms with van der Waals surface area (Å²) in [6, 6.07) is 14.0. The van der Waals surface area contributed by atoms with Crippen molar-refractivity contribution < 1.29 is 27.8 Å². The maximum absolute atomic E-state index is 11.4. The zero-order chi connectivity index (χ0) is 28.7. The van der Waals surface area contributed by atoms with Gasteiger partial charge in [-0.15, -0.1) is 5.92 Å². The number of hydrogen-bond donors (Lipinski definition) is 1. The molecule has 1 aliphatic rings. The molecule has 3 aromatic rings. The van der Waals surface area contributed by atoms with Crippen LogP contribution in [-0.4, -0.2) is 48.1 Å². The summed E-state index contributed by atoms with van der Waals surface area (Å²) in [5.74, 6) is 5.29. The first-order valence-electron chi connectivity index (χ1n) is 13.3. The zero-order valence-electron chi connectivity index (χ0n) is 23.1. The monoisotopic (exact) mass is 562 g/mol. The quantitative estimate of drug-likeness (QED) is 0.259. The molecule has 2 aromatic carbocycles. The first kappa shape index (κ1) is 29.1. The van der Waals surface area contributed by atoms with E-state index in [9.17, 15) is 18.3 Å². The molecule has 1 aliphatic carbocycles. The summed E-state index contributed by atoms with van der Waals surface area (Å²) in [6.45, 7) is 4.27. The third-order valence-corrected chi connectivity index (χ3v) is 7.75. The lowest BCUT2D eigenvalue weighted by molar-refractivity contribution is -0.137. The molecule has 0 spiro atoms. The second kappa shape index (κ2) is 13.0. The molecule has 0 aliphatic heterocycles. The van der Waals surface area contributed by atoms with E-state index in [0.717, 1.165) is 52.9 Å². The standard InChI is InChI=1S/C31H34N2O6S/c1-4-7-25(19-29(34)35)23-12-14-26(15-13-23)39-20-22-10-11-24-8-5-9-28-30(27(24)18-22)21(2)32-31(33-28)38-16-6-17-40(3,36)37/h10-15,18,25H,5-6,8-9,16-17,19-20H2,1-3H3,(H,34,35)/t25-/m0/s1. The van der Waals surface area contributed by atoms with E-state index in [0.29, 0.717) is 18.8 Å². The van der Waals surface area contributed by atoms with Gasteiger partial charge in [-0.2, -0.15) is 9.97 Å². The van der Waals surface area contributed by atoms with E-state index in [1.165, 1.54) is 11.8 Å². The molecule has 210 valence electrons. The van der Waals surface area contributed by atoms with Crippen molar-refractivity contribution in [2.45, 2.75) is 58.5 Å². The van der Waals surface area contributed by atoms with Gasteiger partial charge >= 0.3 is 12.0 Å². The number of carbonyl (C=O) groups is 1. The molecular weight excluding hydrogens is 528 g/mol. The van der Waals surface area contributed by atoms with Crippen molar-refractivity contribution >= 4 is 15.8 Å². The Labute approximate surface area is 235 Å². The van der Waals surface area contributed by atoms with Crippen molar-refractivity contribution in [2.75, 3.05) is 18.6 Å². The molecule has 0 bridgehead atoms. The molecule has 0 amide bonds. The van der Waals surface area contributed by atoms with Crippen LogP contribution in [0.15, 0.2) is 42.5 Å². The summed E-state index contributed by atoms with van der Waals surface area (Å²) in [7, 11) is -3.03. The van der Waals surface area contributed by atoms with Crippen molar-refractivity contribution in [1.82, 2.24) is 9.97 Å². The van der Waals surface area contributed by atoms with Gasteiger partial charge in [0.25, 0.3) is 0 Å². The Bertz CT molecular complexity index is 1540. The second-order valence-corrected chi connectivity index (χ2v) is 12.3. The van der Waals surface area contributed by atoms with Crippen molar-refractivity contribution in [1.29, 1.82) is 0 Å². The molecule has 9 heteroatoms. The first-order chi connectivity index (χ1) is 19.1. The number of nitrogens with zero attached hydrogens (tertiary/aromatic N) is 2. The molecule has 8 nitrogen and oxygen atoms in total. The summed E-state index contributed by atoms with van der Waals surface area (Å²) >= 11 is 0. The number of hydrogen-bond acceptors (Lipinski definition) is 7. The van der Waals surface area contributed by atoms with E-state index in [-0.39, 0.29) is 30.7 Å². The summed E-state index contributed by atoms with van der Waals surface area (Å²) < 4.78 is 34.5. The number of sulfone groups is 1. The highest BCUT2D eigenvalue weighted by Crippen LogP contribution is 2.35. The van der Waals surface area contributed by atoms with Gasteiger partial charge in [0.2, 0.25) is 0 Å². The fourth-order valence-corrected chi connectivity index (χ4v) is 5.50. The van der Waals surface area contributed by atoms with Gasteiger partial charge < -0.3 is 14.6 Å². The van der Waals surface area contributed by atoms with Crippen LogP contribution in [0.1, 0.15) is 60.2 Å². The van der Waals surface area contributed by atoms with E-state index in [2.05, 4.69) is 40.0 Å². The number of carboxylic acids is 1. The lowest BCUT2D eigenvalue weighted by Crippen LogP contribution is -2.10. The highest BCUT2D eigenvalue weighted by atomic mass is 32.2. The summed E-state index contributed by atoms with van der Waals surface area (Å²) in [6.07, 6.45) is 4.25. The smallest absolute Gasteiger partial charge is 0.316 e. The number of aliphatic carboxylic acids is 1. The van der Waals surface area contributed by atoms with Crippen molar-refractivity contribution in [2.24, 2.45) is 0 Å². The number of rotatable bonds is 11. The van der Waals surface area contributed by atoms with Gasteiger partial charge in [-0.3, -0.25) is 4.79 Å². The first-order valence-corrected chi connectivity index (χ1v) is 15.4. The minimum Gasteiger partial charge on any atom is -0.489 e. The fourth-order valence-electron chi connectivity index (χ4n) is 4.86. The Morgan fingerprint density at radius 3 is 2.58 bits per heavy atom. The third kappa shape index (κ3) is 7.82. The van der Waals surface area contributed by atoms with Gasteiger partial charge in [-0.1, -0.05) is 30.2 Å². The Hall–Kier alpha value is -3.90. The maximum atomic E-state index is 11.4. The van der Waals surface area contributed by atoms with Crippen LogP contribution in [0, 0.1) is 18.8 Å². The minimum absolute atomic E-state index is 0.0441. The van der Waals surface area contributed by atoms with Gasteiger partial charge in [0.1, 0.15) is 22.2 Å². The minimum atomic E-state index is -3.03. The van der Waals surface area contributed by atoms with Crippen LogP contribution >= 0.6 is 0 Å². The Balaban J connectivity index is 1.48. The van der Waals surface area contributed by atoms with Gasteiger partial charge in [-0.25, -0.2) is 8.42 Å². The molecule has 1 atom stereocenters. The average Bonchev–Trinajstić information content (AvgIpc) is 3.08. The lowest BCUT2D eigenvalue weighted by atomic mass is 9.95. The summed E-state index contributed by atoms with van der Waals surface area (Å²) in [5, 5.41) is 9.17. The summed E-state index contributed by atoms with van der Waals surface area (Å²) in [5.41, 5.74) is 6.97. The Morgan fingerprint density at radius 1 is 1.10 bits per heavy atom. The number of benzene rings is 2. The normalized spacial score (nSPS) is 13.2. The van der Waals surface area contributed by atoms with Crippen LogP contribution in [0.4, 0.5) is 0 Å². The molecule has 0 saturated carbocycles. The number of carboxylic acid groups (broad SMARTS) is 1. The number of aromatic nitrogens is 2. The highest BCUT2D eigenvalue weighted by Gasteiger charge is 2.21. The largest absolute Gasteiger partial charge is 0.489 e. The summed E-state index contributed by atoms with van der Waals surface area (Å²) in [4.78, 5) is 20.4. The van der Waals surface area contributed by atoms with Gasteiger partial charge in [0.05, 0.1) is 36.1 Å². The van der Waals surface area contributed by atoms with Crippen molar-refractivity contribution in [3.05, 3.63) is 70.5 Å². The molecule has 4 rings (SSSR count). The Kier molecular flexibility index (Phi) is 9.43. The highest BCUT2D eigenvalue weighted by molar-refractivity contribution is 7.90. The predicted molar refractivity (Wildman–Crippen MR) is 153 cm³/mol. The average molecular weight is 563 g/mol. The van der Waals surface area contributed by atoms with Crippen LogP contribution < -0.4 is 9.47 Å². The van der Waals surface area contributed by atoms with Crippen LogP contribution in [0.2, 0.25) is 0 Å². The molecule has 0 radical (unpaired) electrons. The van der Waals surface area contributed by atoms with E-state index in [1.807, 2.05) is 31.2 Å². The van der Waals surface area contributed by atoms with E-state index >= 15 is 0 Å². The van der Waals surface area contributed by atoms with Crippen LogP contribution in [0.5, 0.6) is 11.8 Å². The van der Waals surface area contributed by atoms with Gasteiger partial charge in [0.15, 0.2) is 0 Å². The number of fused-ring (bicyclic) bond motifs is 3. The second-order valence-electron chi connectivity index (χ2n) is 9.99. The number of ether oxygens (including phenoxy) is 2. The molecule has 40 heavy (non-hydrogen) atoms. The maximum Gasteiger partial charge on any atom is 0.316 e. The molecule has 1 N–H and O–H groups in total. The molecule has 0 saturated heterocycles. The van der Waals surface area contributed by atoms with Crippen LogP contribution in [0.3, 0.4) is 0 Å². The lowest BCUT2D eigenvalue weighted by Gasteiger charge is -2.15. The van der Waals surface area contributed by atoms with Crippen molar-refractivity contribution in [3.8, 4) is 34.7 Å². The molecule has 0 unspecified atom stereocenters. The molecule has 0 fully saturated rings. The molecule has 1 aromatic heterocycles. The SMILES string of the molecule is CC#C[C@@H](CC(=O)O)c1ccc(OCc2ccc3c(c2)-c2c(C)nc(OCCCS(C)(=O)=O)nc2CCC3)cc1. The predicted octanol–water partition coefficient (Wildman–Crippen LogP) is 4.91. The van der Waals surface area contributed by atoms with Gasteiger partial charge in [-0.05, 0) is 80.0 Å². The van der Waals surface area contributed by atoms with Gasteiger partial charge in [0, 0.05) is 11.8 Å². The topological polar surface area (TPSA) is 116 Å². The number of aryl methyl sites for hydroxylation is 3. The Morgan fingerprint density at radius 2 is 1.88 bits per heavy atom. The molecule has 1 heterocycles.